The molecule has 5 nitrogen and oxygen atoms in total. The van der Waals surface area contributed by atoms with Gasteiger partial charge in [0, 0.05) is 25.3 Å². The average molecular weight is 238 g/mol. The number of rotatable bonds is 4. The van der Waals surface area contributed by atoms with E-state index in [2.05, 4.69) is 5.32 Å². The second-order valence-corrected chi connectivity index (χ2v) is 3.74. The highest BCUT2D eigenvalue weighted by atomic mass is 16.5. The van der Waals surface area contributed by atoms with Gasteiger partial charge in [0.1, 0.15) is 5.75 Å². The first-order valence-electron chi connectivity index (χ1n) is 5.43. The van der Waals surface area contributed by atoms with Gasteiger partial charge in [0.25, 0.3) is 0 Å². The molecular formula is C12H18N2O3. The molecule has 0 aromatic heterocycles. The Bertz CT molecular complexity index is 391. The number of benzene rings is 1. The van der Waals surface area contributed by atoms with Gasteiger partial charge < -0.3 is 20.1 Å². The highest BCUT2D eigenvalue weighted by Gasteiger charge is 2.07. The van der Waals surface area contributed by atoms with Crippen molar-refractivity contribution in [2.24, 2.45) is 0 Å². The van der Waals surface area contributed by atoms with Crippen molar-refractivity contribution in [2.75, 3.05) is 26.0 Å². The van der Waals surface area contributed by atoms with E-state index in [9.17, 15) is 9.90 Å². The van der Waals surface area contributed by atoms with Crippen LogP contribution in [-0.2, 0) is 6.61 Å². The summed E-state index contributed by atoms with van der Waals surface area (Å²) in [5.74, 6) is 0.637. The monoisotopic (exact) mass is 238 g/mol. The Hall–Kier alpha value is -1.75. The number of aliphatic hydroxyl groups is 1. The van der Waals surface area contributed by atoms with Gasteiger partial charge >= 0.3 is 6.03 Å². The highest BCUT2D eigenvalue weighted by Crippen LogP contribution is 2.23. The van der Waals surface area contributed by atoms with Crippen molar-refractivity contribution in [1.82, 2.24) is 4.90 Å². The minimum atomic E-state index is -0.210. The molecule has 0 heterocycles. The van der Waals surface area contributed by atoms with E-state index in [0.717, 1.165) is 0 Å². The van der Waals surface area contributed by atoms with Crippen LogP contribution < -0.4 is 10.1 Å². The Kier molecular flexibility index (Phi) is 4.78. The zero-order chi connectivity index (χ0) is 12.8. The van der Waals surface area contributed by atoms with Crippen molar-refractivity contribution in [1.29, 1.82) is 0 Å². The summed E-state index contributed by atoms with van der Waals surface area (Å²) in [6, 6.07) is 4.97. The Balaban J connectivity index is 2.85. The lowest BCUT2D eigenvalue weighted by Gasteiger charge is -2.14. The predicted molar refractivity (Wildman–Crippen MR) is 66.2 cm³/mol. The molecule has 0 bridgehead atoms. The number of hydrogen-bond donors (Lipinski definition) is 2. The van der Waals surface area contributed by atoms with E-state index >= 15 is 0 Å². The van der Waals surface area contributed by atoms with Gasteiger partial charge in [-0.05, 0) is 25.1 Å². The Labute approximate surface area is 101 Å². The maximum Gasteiger partial charge on any atom is 0.321 e. The fourth-order valence-corrected chi connectivity index (χ4v) is 1.31. The molecule has 1 rings (SSSR count). The minimum Gasteiger partial charge on any atom is -0.494 e. The first-order valence-corrected chi connectivity index (χ1v) is 5.43. The van der Waals surface area contributed by atoms with Crippen molar-refractivity contribution in [3.05, 3.63) is 23.8 Å². The molecule has 5 heteroatoms. The molecule has 17 heavy (non-hydrogen) atoms. The summed E-state index contributed by atoms with van der Waals surface area (Å²) in [7, 11) is 3.33. The summed E-state index contributed by atoms with van der Waals surface area (Å²) in [5, 5.41) is 11.9. The fourth-order valence-electron chi connectivity index (χ4n) is 1.31. The van der Waals surface area contributed by atoms with Crippen LogP contribution in [0.15, 0.2) is 18.2 Å². The van der Waals surface area contributed by atoms with E-state index in [0.29, 0.717) is 23.6 Å². The van der Waals surface area contributed by atoms with Crippen LogP contribution >= 0.6 is 0 Å². The Morgan fingerprint density at radius 3 is 2.71 bits per heavy atom. The van der Waals surface area contributed by atoms with Gasteiger partial charge in [-0.1, -0.05) is 0 Å². The lowest BCUT2D eigenvalue weighted by molar-refractivity contribution is 0.230. The van der Waals surface area contributed by atoms with Gasteiger partial charge in [-0.25, -0.2) is 4.79 Å². The standard InChI is InChI=1S/C12H18N2O3/c1-4-17-11-6-5-10(7-9(11)8-15)13-12(16)14(2)3/h5-7,15H,4,8H2,1-3H3,(H,13,16). The maximum absolute atomic E-state index is 11.4. The van der Waals surface area contributed by atoms with Crippen LogP contribution in [0.1, 0.15) is 12.5 Å². The van der Waals surface area contributed by atoms with E-state index in [-0.39, 0.29) is 12.6 Å². The molecule has 0 aliphatic carbocycles. The van der Waals surface area contributed by atoms with Crippen LogP contribution in [0.5, 0.6) is 5.75 Å². The highest BCUT2D eigenvalue weighted by molar-refractivity contribution is 5.89. The van der Waals surface area contributed by atoms with Gasteiger partial charge in [0.15, 0.2) is 0 Å². The SMILES string of the molecule is CCOc1ccc(NC(=O)N(C)C)cc1CO. The summed E-state index contributed by atoms with van der Waals surface area (Å²) in [6.45, 7) is 2.29. The van der Waals surface area contributed by atoms with Crippen molar-refractivity contribution in [3.63, 3.8) is 0 Å². The molecule has 94 valence electrons. The Morgan fingerprint density at radius 1 is 1.47 bits per heavy atom. The maximum atomic E-state index is 11.4. The normalized spacial score (nSPS) is 9.88. The number of urea groups is 1. The number of nitrogens with zero attached hydrogens (tertiary/aromatic N) is 1. The quantitative estimate of drug-likeness (QED) is 0.838. The molecule has 0 aliphatic rings. The van der Waals surface area contributed by atoms with Crippen molar-refractivity contribution < 1.29 is 14.6 Å². The third-order valence-corrected chi connectivity index (χ3v) is 2.19. The fraction of sp³-hybridized carbons (Fsp3) is 0.417. The predicted octanol–water partition coefficient (Wildman–Crippen LogP) is 1.67. The number of carbonyl (C=O) groups is 1. The van der Waals surface area contributed by atoms with Crippen LogP contribution in [0.2, 0.25) is 0 Å². The first kappa shape index (κ1) is 13.3. The zero-order valence-corrected chi connectivity index (χ0v) is 10.4. The van der Waals surface area contributed by atoms with Gasteiger partial charge in [-0.15, -0.1) is 0 Å². The van der Waals surface area contributed by atoms with E-state index in [1.165, 1.54) is 4.90 Å². The number of nitrogens with one attached hydrogen (secondary N) is 1. The summed E-state index contributed by atoms with van der Waals surface area (Å²) in [6.07, 6.45) is 0. The van der Waals surface area contributed by atoms with Crippen molar-refractivity contribution in [3.8, 4) is 5.75 Å². The third-order valence-electron chi connectivity index (χ3n) is 2.19. The van der Waals surface area contributed by atoms with Crippen LogP contribution in [0, 0.1) is 0 Å². The smallest absolute Gasteiger partial charge is 0.321 e. The summed E-state index contributed by atoms with van der Waals surface area (Å²) >= 11 is 0. The largest absolute Gasteiger partial charge is 0.494 e. The van der Waals surface area contributed by atoms with Crippen LogP contribution in [-0.4, -0.2) is 36.7 Å². The topological polar surface area (TPSA) is 61.8 Å². The van der Waals surface area contributed by atoms with Crippen LogP contribution in [0.4, 0.5) is 10.5 Å². The molecule has 0 unspecified atom stereocenters. The molecule has 2 amide bonds. The van der Waals surface area contributed by atoms with E-state index < -0.39 is 0 Å². The number of anilines is 1. The number of ether oxygens (including phenoxy) is 1. The van der Waals surface area contributed by atoms with Gasteiger partial charge in [-0.2, -0.15) is 0 Å². The molecule has 0 saturated carbocycles. The number of hydrogen-bond acceptors (Lipinski definition) is 3. The van der Waals surface area contributed by atoms with E-state index in [4.69, 9.17) is 4.74 Å². The summed E-state index contributed by atoms with van der Waals surface area (Å²) < 4.78 is 5.35. The van der Waals surface area contributed by atoms with Gasteiger partial charge in [0.05, 0.1) is 13.2 Å². The molecule has 0 saturated heterocycles. The average Bonchev–Trinajstić information content (AvgIpc) is 2.31. The molecule has 1 aromatic rings. The second-order valence-electron chi connectivity index (χ2n) is 3.74. The zero-order valence-electron chi connectivity index (χ0n) is 10.4. The number of amides is 2. The lowest BCUT2D eigenvalue weighted by atomic mass is 10.2. The second kappa shape index (κ2) is 6.10. The molecule has 0 fully saturated rings. The summed E-state index contributed by atoms with van der Waals surface area (Å²) in [5.41, 5.74) is 1.29. The third kappa shape index (κ3) is 3.64. The summed E-state index contributed by atoms with van der Waals surface area (Å²) in [4.78, 5) is 12.9. The van der Waals surface area contributed by atoms with Gasteiger partial charge in [0.2, 0.25) is 0 Å². The molecule has 0 radical (unpaired) electrons. The van der Waals surface area contributed by atoms with Crippen molar-refractivity contribution in [2.45, 2.75) is 13.5 Å². The number of carbonyl (C=O) groups excluding carboxylic acids is 1. The first-order chi connectivity index (χ1) is 8.08. The Morgan fingerprint density at radius 2 is 2.18 bits per heavy atom. The van der Waals surface area contributed by atoms with E-state index in [1.54, 1.807) is 32.3 Å². The molecule has 1 aromatic carbocycles. The van der Waals surface area contributed by atoms with Crippen molar-refractivity contribution >= 4 is 11.7 Å². The molecule has 0 aliphatic heterocycles. The molecule has 0 spiro atoms. The minimum absolute atomic E-state index is 0.124. The van der Waals surface area contributed by atoms with Gasteiger partial charge in [-0.3, -0.25) is 0 Å². The van der Waals surface area contributed by atoms with E-state index in [1.807, 2.05) is 6.92 Å². The lowest BCUT2D eigenvalue weighted by Crippen LogP contribution is -2.27. The molecular weight excluding hydrogens is 220 g/mol. The van der Waals surface area contributed by atoms with Crippen LogP contribution in [0.25, 0.3) is 0 Å². The molecule has 2 N–H and O–H groups in total. The number of aliphatic hydroxyl groups excluding tert-OH is 1. The van der Waals surface area contributed by atoms with Crippen LogP contribution in [0.3, 0.4) is 0 Å². The molecule has 0 atom stereocenters.